The number of thioether (sulfide) groups is 1. The molecule has 88 heavy (non-hydrogen) atoms. The number of nitrogens with one attached hydrogen (secondary N) is 2. The molecule has 4 heterocycles. The fourth-order valence-corrected chi connectivity index (χ4v) is 15.4. The molecule has 19 atom stereocenters. The maximum Gasteiger partial charge on any atom is 0.310 e. The molecule has 0 amide bonds. The van der Waals surface area contributed by atoms with E-state index in [0.717, 1.165) is 18.2 Å². The average molecular weight is 1410 g/mol. The van der Waals surface area contributed by atoms with Gasteiger partial charge in [0.2, 0.25) is 17.2 Å². The van der Waals surface area contributed by atoms with Crippen LogP contribution in [0, 0.1) is 34.2 Å². The first-order valence-electron chi connectivity index (χ1n) is 29.0. The van der Waals surface area contributed by atoms with Crippen LogP contribution in [0.1, 0.15) is 89.6 Å². The molecule has 28 heteroatoms. The summed E-state index contributed by atoms with van der Waals surface area (Å²) in [6.07, 6.45) is -12.4. The van der Waals surface area contributed by atoms with Gasteiger partial charge < -0.3 is 93.4 Å². The number of hydroxylamine groups is 1. The monoisotopic (exact) mass is 1410 g/mol. The third kappa shape index (κ3) is 17.0. The standard InChI is InChI=1S/C60H84IN3O21S3/c1-13-63-35-28-78-41(26-39(35)73-8)83-53-48(69)46(30(3)80-58(53)82-38-18-16-14-15-17-20-60(72)27-37(66)33(24-40(67)74-9)44(38)34(60)19-23-86-88-59(6,7)21-22-62)64-85-42-25-36(65)55(32(5)79-42)87-56(71)43-29(2)45(61)51(54(77-12)50(43)75-10)84-57-49(70)52(76-11)47(68)31(4)81-57/h14-15,19,30-32,35-36,38-39,41-42,46-49,52-53,55,57-58,63-65,68-70,72H,13,21-28,62H2,1-12H3/b15-14-,34-19+/t30-,31+,32-,35+,36+,38+,39+,41+,42+,46-,47+,48+,49-,52-,53-,55-,57+,58+,60+/m1/s1. The highest BCUT2D eigenvalue weighted by atomic mass is 127. The summed E-state index contributed by atoms with van der Waals surface area (Å²) in [6, 6.07) is -1.27. The van der Waals surface area contributed by atoms with Crippen molar-refractivity contribution in [2.45, 2.75) is 201 Å². The molecular weight excluding hydrogens is 1320 g/mol. The van der Waals surface area contributed by atoms with Crippen LogP contribution in [0.25, 0.3) is 0 Å². The van der Waals surface area contributed by atoms with Gasteiger partial charge in [-0.1, -0.05) is 70.0 Å². The molecule has 6 aliphatic rings. The molecule has 0 unspecified atom stereocenters. The lowest BCUT2D eigenvalue weighted by molar-refractivity contribution is -0.336. The van der Waals surface area contributed by atoms with E-state index in [4.69, 9.17) is 67.4 Å². The Balaban J connectivity index is 1.13. The highest BCUT2D eigenvalue weighted by molar-refractivity contribution is 14.1. The number of carbonyl (C=O) groups is 3. The minimum absolute atomic E-state index is 0.0113. The van der Waals surface area contributed by atoms with Crippen LogP contribution in [0.2, 0.25) is 0 Å². The number of methoxy groups -OCH3 is 5. The van der Waals surface area contributed by atoms with E-state index in [0.29, 0.717) is 28.0 Å². The second kappa shape index (κ2) is 32.6. The van der Waals surface area contributed by atoms with Crippen molar-refractivity contribution in [2.75, 3.05) is 61.0 Å². The number of hydrogen-bond acceptors (Lipinski definition) is 27. The number of ether oxygens (including phenoxy) is 12. The topological polar surface area (TPSA) is 322 Å². The van der Waals surface area contributed by atoms with Crippen LogP contribution in [0.5, 0.6) is 17.2 Å². The van der Waals surface area contributed by atoms with Gasteiger partial charge >= 0.3 is 5.97 Å². The summed E-state index contributed by atoms with van der Waals surface area (Å²) in [5.41, 5.74) is 7.61. The van der Waals surface area contributed by atoms with Crippen molar-refractivity contribution in [3.8, 4) is 40.9 Å². The second-order valence-corrected chi connectivity index (χ2v) is 27.7. The fourth-order valence-electron chi connectivity index (χ4n) is 11.2. The molecule has 1 aromatic carbocycles. The molecule has 4 aliphatic heterocycles. The van der Waals surface area contributed by atoms with Crippen molar-refractivity contribution in [2.24, 2.45) is 5.73 Å². The number of carbonyl (C=O) groups excluding carboxylic acids is 3. The summed E-state index contributed by atoms with van der Waals surface area (Å²) < 4.78 is 72.8. The van der Waals surface area contributed by atoms with Crippen molar-refractivity contribution >= 4 is 72.8 Å². The third-order valence-corrected chi connectivity index (χ3v) is 21.8. The van der Waals surface area contributed by atoms with Crippen LogP contribution in [-0.2, 0) is 57.1 Å². The number of likely N-dealkylation sites (N-methyl/N-ethyl adjacent to an activating group) is 1. The molecule has 0 spiro atoms. The molecule has 4 saturated heterocycles. The molecule has 9 N–H and O–H groups in total. The van der Waals surface area contributed by atoms with Gasteiger partial charge in [-0.15, -0.1) is 0 Å². The minimum atomic E-state index is -2.05. The number of allylic oxidation sites excluding steroid dienone is 2. The molecule has 2 bridgehead atoms. The minimum Gasteiger partial charge on any atom is -0.492 e. The van der Waals surface area contributed by atoms with Gasteiger partial charge in [-0.3, -0.25) is 19.2 Å². The summed E-state index contributed by atoms with van der Waals surface area (Å²) >= 11 is 2.83. The van der Waals surface area contributed by atoms with Crippen LogP contribution in [0.4, 0.5) is 0 Å². The zero-order valence-corrected chi connectivity index (χ0v) is 56.0. The molecule has 24 nitrogen and oxygen atoms in total. The predicted octanol–water partition coefficient (Wildman–Crippen LogP) is 3.30. The van der Waals surface area contributed by atoms with Crippen molar-refractivity contribution in [3.63, 3.8) is 0 Å². The molecule has 4 fully saturated rings. The molecule has 0 aromatic heterocycles. The fraction of sp³-hybridized carbons (Fsp3) is 0.683. The van der Waals surface area contributed by atoms with Crippen LogP contribution in [0.15, 0.2) is 34.9 Å². The number of ketones is 1. The summed E-state index contributed by atoms with van der Waals surface area (Å²) in [5, 5.41) is 60.5. The molecule has 0 radical (unpaired) electrons. The molecule has 490 valence electrons. The zero-order chi connectivity index (χ0) is 64.4. The Labute approximate surface area is 539 Å². The molecule has 0 saturated carbocycles. The van der Waals surface area contributed by atoms with Crippen LogP contribution < -0.4 is 30.7 Å². The SMILES string of the molecule is CCN[C@H]1CO[C@@H](O[C@H]2[C@H](O[C@H]3C#C/C=C\C#C[C@]4(O)CC(=O)C(CC(=O)OC)=C3/C4=C\CSSC(C)(C)CCN)O[C@H](C)[C@@H](NO[C@H]3C[C@H](O)[C@H](SC(=O)c4c(C)c(I)c(O[C@@H]5O[C@@H](C)[C@H](O)[C@@H](OC)[C@H]5O)c(OC)c4OC)[C@@H](C)O3)[C@@H]2O)C[C@@H]1OC. The summed E-state index contributed by atoms with van der Waals surface area (Å²) in [5.74, 6) is 10.9. The van der Waals surface area contributed by atoms with E-state index < -0.39 is 133 Å². The number of nitrogens with two attached hydrogens (primary N) is 1. The molecule has 2 aliphatic carbocycles. The third-order valence-electron chi connectivity index (χ3n) is 15.9. The largest absolute Gasteiger partial charge is 0.492 e. The van der Waals surface area contributed by atoms with Crippen molar-refractivity contribution in [3.05, 3.63) is 49.6 Å². The van der Waals surface area contributed by atoms with E-state index in [9.17, 15) is 39.9 Å². The first-order chi connectivity index (χ1) is 41.9. The quantitative estimate of drug-likeness (QED) is 0.0174. The van der Waals surface area contributed by atoms with E-state index in [2.05, 4.69) is 48.3 Å². The lowest BCUT2D eigenvalue weighted by Crippen LogP contribution is -2.65. The summed E-state index contributed by atoms with van der Waals surface area (Å²) in [7, 11) is 9.98. The van der Waals surface area contributed by atoms with Gasteiger partial charge in [-0.2, -0.15) is 5.48 Å². The van der Waals surface area contributed by atoms with Crippen molar-refractivity contribution in [1.82, 2.24) is 10.8 Å². The Morgan fingerprint density at radius 3 is 2.27 bits per heavy atom. The number of halogens is 1. The average Bonchev–Trinajstić information content (AvgIpc) is 0.881. The summed E-state index contributed by atoms with van der Waals surface area (Å²) in [4.78, 5) is 48.1. The molecule has 7 rings (SSSR count). The van der Waals surface area contributed by atoms with E-state index in [1.54, 1.807) is 51.7 Å². The van der Waals surface area contributed by atoms with Crippen molar-refractivity contribution < 1.29 is 102 Å². The number of esters is 1. The maximum atomic E-state index is 14.5. The lowest BCUT2D eigenvalue weighted by Gasteiger charge is -2.46. The number of benzene rings is 1. The van der Waals surface area contributed by atoms with Crippen LogP contribution >= 0.6 is 55.9 Å². The lowest BCUT2D eigenvalue weighted by atomic mass is 9.72. The first-order valence-corrected chi connectivity index (χ1v) is 33.3. The number of fused-ring (bicyclic) bond motifs is 2. The van der Waals surface area contributed by atoms with E-state index >= 15 is 0 Å². The summed E-state index contributed by atoms with van der Waals surface area (Å²) in [6.45, 7) is 14.1. The number of rotatable bonds is 25. The number of hydrogen-bond donors (Lipinski definition) is 8. The van der Waals surface area contributed by atoms with Gasteiger partial charge in [-0.05, 0) is 101 Å². The normalized spacial score (nSPS) is 35.1. The Bertz CT molecular complexity index is 2830. The van der Waals surface area contributed by atoms with Gasteiger partial charge in [0.15, 0.2) is 41.8 Å². The van der Waals surface area contributed by atoms with E-state index in [1.165, 1.54) is 51.4 Å². The van der Waals surface area contributed by atoms with Gasteiger partial charge in [-0.25, -0.2) is 0 Å². The van der Waals surface area contributed by atoms with Crippen LogP contribution in [-0.4, -0.2) is 223 Å². The van der Waals surface area contributed by atoms with E-state index in [-0.39, 0.29) is 75.9 Å². The zero-order valence-electron chi connectivity index (χ0n) is 51.4. The first kappa shape index (κ1) is 72.3. The van der Waals surface area contributed by atoms with Gasteiger partial charge in [0.25, 0.3) is 0 Å². The molecule has 1 aromatic rings. The second-order valence-electron chi connectivity index (χ2n) is 22.5. The predicted molar refractivity (Wildman–Crippen MR) is 335 cm³/mol. The number of aliphatic hydroxyl groups is 5. The van der Waals surface area contributed by atoms with Crippen molar-refractivity contribution in [1.29, 1.82) is 0 Å². The van der Waals surface area contributed by atoms with Gasteiger partial charge in [0, 0.05) is 54.3 Å². The highest BCUT2D eigenvalue weighted by Crippen LogP contribution is 2.49. The highest BCUT2D eigenvalue weighted by Gasteiger charge is 2.52. The van der Waals surface area contributed by atoms with Gasteiger partial charge in [0.05, 0.1) is 97.8 Å². The molecular formula is C60H84IN3O21S3. The Morgan fingerprint density at radius 1 is 0.898 bits per heavy atom. The smallest absolute Gasteiger partial charge is 0.310 e. The Hall–Kier alpha value is -3.13. The number of Topliss-reactive ketones (excluding diaryl/α,β-unsaturated/α-hetero) is 1. The Morgan fingerprint density at radius 2 is 1.61 bits per heavy atom. The maximum absolute atomic E-state index is 14.5. The van der Waals surface area contributed by atoms with Gasteiger partial charge in [0.1, 0.15) is 36.6 Å². The Kier molecular flexibility index (Phi) is 26.8. The number of aliphatic hydroxyl groups excluding tert-OH is 4. The van der Waals surface area contributed by atoms with Crippen LogP contribution in [0.3, 0.4) is 0 Å². The van der Waals surface area contributed by atoms with E-state index in [1.807, 2.05) is 29.5 Å².